The number of aromatic nitrogens is 2. The normalized spacial score (nSPS) is 13.1. The van der Waals surface area contributed by atoms with Crippen molar-refractivity contribution in [2.75, 3.05) is 0 Å². The fourth-order valence-electron chi connectivity index (χ4n) is 6.26. The van der Waals surface area contributed by atoms with E-state index in [1.165, 1.54) is 65.7 Å². The summed E-state index contributed by atoms with van der Waals surface area (Å²) in [5.74, 6) is 0. The van der Waals surface area contributed by atoms with E-state index in [0.29, 0.717) is 0 Å². The monoisotopic (exact) mass is 472 g/mol. The summed E-state index contributed by atoms with van der Waals surface area (Å²) in [6.07, 6.45) is 3.95. The molecule has 3 nitrogen and oxygen atoms in total. The van der Waals surface area contributed by atoms with Crippen LogP contribution >= 0.6 is 0 Å². The second-order valence-corrected chi connectivity index (χ2v) is 12.5. The molecule has 0 saturated carbocycles. The lowest BCUT2D eigenvalue weighted by Crippen LogP contribution is -2.29. The quantitative estimate of drug-likeness (QED) is 0.107. The number of hydrogen-bond donors (Lipinski definition) is 0. The molecule has 0 saturated heterocycles. The van der Waals surface area contributed by atoms with Crippen LogP contribution in [0.2, 0.25) is 0 Å². The summed E-state index contributed by atoms with van der Waals surface area (Å²) in [5, 5.41) is 6.58. The predicted octanol–water partition coefficient (Wildman–Crippen LogP) is 7.95. The van der Waals surface area contributed by atoms with Gasteiger partial charge >= 0.3 is 0 Å². The molecule has 0 amide bonds. The molecule has 6 aromatic rings. The van der Waals surface area contributed by atoms with E-state index in [2.05, 4.69) is 103 Å². The molecule has 0 aliphatic heterocycles. The average Bonchev–Trinajstić information content (AvgIpc) is 3.14. The van der Waals surface area contributed by atoms with Crippen molar-refractivity contribution in [2.24, 2.45) is 12.5 Å². The maximum absolute atomic E-state index is 7.70. The van der Waals surface area contributed by atoms with Gasteiger partial charge in [0.25, 0.3) is 0 Å². The summed E-state index contributed by atoms with van der Waals surface area (Å²) in [5.41, 5.74) is 8.81. The molecule has 3 heterocycles. The standard InChI is InChI=1S/C33H34N3/c1-20-12-13-24-28-23(19-32(2,3)4)10-9-11-25(28)36-26-17-21(18-33(5,6)34-7)16-22-14-15-35(8)31(29(22)26)27(20)30(24)36/h9-17H,18-19H2,1-6,8H3/q+1. The number of pyridine rings is 2. The molecule has 6 rings (SSSR count). The molecule has 0 aliphatic rings. The first-order valence-electron chi connectivity index (χ1n) is 12.9. The zero-order valence-electron chi connectivity index (χ0n) is 22.5. The number of aryl methyl sites for hydroxylation is 2. The van der Waals surface area contributed by atoms with Crippen LogP contribution in [-0.4, -0.2) is 9.94 Å². The molecule has 0 radical (unpaired) electrons. The number of hydrogen-bond acceptors (Lipinski definition) is 0. The topological polar surface area (TPSA) is 12.7 Å². The van der Waals surface area contributed by atoms with Crippen LogP contribution in [0, 0.1) is 18.9 Å². The van der Waals surface area contributed by atoms with Gasteiger partial charge in [-0.15, -0.1) is 0 Å². The highest BCUT2D eigenvalue weighted by Crippen LogP contribution is 2.43. The molecule has 0 bridgehead atoms. The van der Waals surface area contributed by atoms with Crippen molar-refractivity contribution >= 4 is 49.0 Å². The summed E-state index contributed by atoms with van der Waals surface area (Å²) in [7, 11) is 2.16. The number of rotatable bonds is 3. The summed E-state index contributed by atoms with van der Waals surface area (Å²) >= 11 is 0. The van der Waals surface area contributed by atoms with Crippen molar-refractivity contribution in [1.29, 1.82) is 0 Å². The highest BCUT2D eigenvalue weighted by Gasteiger charge is 2.28. The number of benzene rings is 3. The van der Waals surface area contributed by atoms with E-state index in [1.54, 1.807) is 0 Å². The molecular formula is C33H34N3+. The Kier molecular flexibility index (Phi) is 4.71. The van der Waals surface area contributed by atoms with Crippen molar-refractivity contribution in [3.63, 3.8) is 0 Å². The first-order valence-corrected chi connectivity index (χ1v) is 12.9. The van der Waals surface area contributed by atoms with Gasteiger partial charge in [-0.25, -0.2) is 11.1 Å². The molecular weight excluding hydrogens is 438 g/mol. The van der Waals surface area contributed by atoms with Crippen LogP contribution in [0.15, 0.2) is 54.7 Å². The molecule has 0 unspecified atom stereocenters. The molecule has 0 spiro atoms. The molecule has 0 fully saturated rings. The second-order valence-electron chi connectivity index (χ2n) is 12.5. The summed E-state index contributed by atoms with van der Waals surface area (Å²) < 4.78 is 4.80. The second kappa shape index (κ2) is 7.43. The van der Waals surface area contributed by atoms with Crippen molar-refractivity contribution < 1.29 is 4.57 Å². The summed E-state index contributed by atoms with van der Waals surface area (Å²) in [4.78, 5) is 3.91. The van der Waals surface area contributed by atoms with Crippen molar-refractivity contribution in [3.8, 4) is 0 Å². The highest BCUT2D eigenvalue weighted by atomic mass is 15.0. The lowest BCUT2D eigenvalue weighted by molar-refractivity contribution is -0.643. The molecule has 0 aliphatic carbocycles. The predicted molar refractivity (Wildman–Crippen MR) is 152 cm³/mol. The van der Waals surface area contributed by atoms with Gasteiger partial charge in [-0.05, 0) is 53.0 Å². The van der Waals surface area contributed by atoms with Crippen LogP contribution < -0.4 is 4.57 Å². The van der Waals surface area contributed by atoms with E-state index in [1.807, 2.05) is 13.8 Å². The minimum absolute atomic E-state index is 0.199. The lowest BCUT2D eigenvalue weighted by Gasteiger charge is -2.19. The maximum Gasteiger partial charge on any atom is 0.231 e. The molecule has 3 heteroatoms. The van der Waals surface area contributed by atoms with Gasteiger partial charge in [-0.2, -0.15) is 0 Å². The van der Waals surface area contributed by atoms with Crippen LogP contribution in [0.25, 0.3) is 53.8 Å². The Bertz CT molecular complexity index is 1870. The highest BCUT2D eigenvalue weighted by molar-refractivity contribution is 6.26. The van der Waals surface area contributed by atoms with E-state index in [0.717, 1.165) is 12.8 Å². The van der Waals surface area contributed by atoms with Crippen molar-refractivity contribution in [2.45, 2.75) is 59.9 Å². The van der Waals surface area contributed by atoms with Gasteiger partial charge in [0.05, 0.1) is 33.7 Å². The maximum atomic E-state index is 7.70. The smallest absolute Gasteiger partial charge is 0.231 e. The average molecular weight is 473 g/mol. The van der Waals surface area contributed by atoms with Crippen LogP contribution in [0.4, 0.5) is 0 Å². The largest absolute Gasteiger partial charge is 0.311 e. The van der Waals surface area contributed by atoms with Crippen LogP contribution in [0.5, 0.6) is 0 Å². The number of nitrogens with zero attached hydrogens (tertiary/aromatic N) is 3. The first-order chi connectivity index (χ1) is 17.0. The fourth-order valence-corrected chi connectivity index (χ4v) is 6.26. The SMILES string of the molecule is [C-]#[N+]C(C)(C)Cc1cc2cc[n+](C)c3c4c(C)ccc5c6c(CC(C)(C)C)cccc6n(c(c1)c23)c54. The molecule has 3 aromatic carbocycles. The van der Waals surface area contributed by atoms with Gasteiger partial charge in [0.1, 0.15) is 7.05 Å². The Morgan fingerprint density at radius 2 is 1.67 bits per heavy atom. The van der Waals surface area contributed by atoms with Crippen LogP contribution in [0.3, 0.4) is 0 Å². The van der Waals surface area contributed by atoms with Crippen LogP contribution in [0.1, 0.15) is 51.3 Å². The molecule has 0 N–H and O–H groups in total. The third-order valence-electron chi connectivity index (χ3n) is 7.66. The van der Waals surface area contributed by atoms with Gasteiger partial charge < -0.3 is 9.25 Å². The van der Waals surface area contributed by atoms with Gasteiger partial charge in [-0.3, -0.25) is 0 Å². The summed E-state index contributed by atoms with van der Waals surface area (Å²) in [6.45, 7) is 21.0. The lowest BCUT2D eigenvalue weighted by atomic mass is 9.86. The van der Waals surface area contributed by atoms with Crippen molar-refractivity contribution in [3.05, 3.63) is 82.8 Å². The minimum Gasteiger partial charge on any atom is -0.311 e. The third kappa shape index (κ3) is 3.28. The van der Waals surface area contributed by atoms with Gasteiger partial charge in [-0.1, -0.05) is 51.1 Å². The minimum atomic E-state index is -0.431. The van der Waals surface area contributed by atoms with Crippen LogP contribution in [-0.2, 0) is 19.9 Å². The van der Waals surface area contributed by atoms with Crippen molar-refractivity contribution in [1.82, 2.24) is 4.40 Å². The Labute approximate surface area is 213 Å². The molecule has 0 atom stereocenters. The third-order valence-corrected chi connectivity index (χ3v) is 7.66. The van der Waals surface area contributed by atoms with E-state index in [-0.39, 0.29) is 5.41 Å². The molecule has 3 aromatic heterocycles. The fraction of sp³-hybridized carbons (Fsp3) is 0.333. The zero-order valence-corrected chi connectivity index (χ0v) is 22.5. The number of fused-ring (bicyclic) bond motifs is 5. The van der Waals surface area contributed by atoms with E-state index in [9.17, 15) is 0 Å². The first kappa shape index (κ1) is 22.8. The van der Waals surface area contributed by atoms with Gasteiger partial charge in [0.15, 0.2) is 6.20 Å². The molecule has 36 heavy (non-hydrogen) atoms. The van der Waals surface area contributed by atoms with E-state index < -0.39 is 5.54 Å². The van der Waals surface area contributed by atoms with Gasteiger partial charge in [0.2, 0.25) is 11.1 Å². The zero-order chi connectivity index (χ0) is 25.6. The van der Waals surface area contributed by atoms with E-state index in [4.69, 9.17) is 6.57 Å². The summed E-state index contributed by atoms with van der Waals surface area (Å²) in [6, 6.07) is 18.3. The Morgan fingerprint density at radius 1 is 0.889 bits per heavy atom. The Hall–Kier alpha value is -3.64. The van der Waals surface area contributed by atoms with E-state index >= 15 is 0 Å². The molecule has 180 valence electrons. The Morgan fingerprint density at radius 3 is 2.39 bits per heavy atom. The Balaban J connectivity index is 1.89. The van der Waals surface area contributed by atoms with Gasteiger partial charge in [0, 0.05) is 30.7 Å².